The number of halogens is 1. The second kappa shape index (κ2) is 6.63. The fourth-order valence-corrected chi connectivity index (χ4v) is 2.09. The zero-order valence-electron chi connectivity index (χ0n) is 10.8. The molecule has 0 aliphatic rings. The largest absolute Gasteiger partial charge is 0.437 e. The highest BCUT2D eigenvalue weighted by Gasteiger charge is 2.05. The molecule has 2 rings (SSSR count). The summed E-state index contributed by atoms with van der Waals surface area (Å²) < 4.78 is 6.60. The number of nitrogens with zero attached hydrogens (tertiary/aromatic N) is 2. The average Bonchev–Trinajstić information content (AvgIpc) is 2.39. The number of aryl methyl sites for hydroxylation is 1. The molecule has 19 heavy (non-hydrogen) atoms. The molecule has 0 aliphatic heterocycles. The average molecular weight is 322 g/mol. The first kappa shape index (κ1) is 14.0. The number of hydrogen-bond acceptors (Lipinski definition) is 4. The first-order chi connectivity index (χ1) is 9.21. The number of hydrogen-bond donors (Lipinski definition) is 1. The Morgan fingerprint density at radius 3 is 2.79 bits per heavy atom. The van der Waals surface area contributed by atoms with Crippen molar-refractivity contribution in [3.05, 3.63) is 46.3 Å². The van der Waals surface area contributed by atoms with Crippen LogP contribution in [0.4, 0.5) is 0 Å². The fourth-order valence-electron chi connectivity index (χ4n) is 1.74. The van der Waals surface area contributed by atoms with Gasteiger partial charge < -0.3 is 10.5 Å². The van der Waals surface area contributed by atoms with Crippen molar-refractivity contribution in [3.8, 4) is 11.6 Å². The summed E-state index contributed by atoms with van der Waals surface area (Å²) in [5.41, 5.74) is 7.73. The maximum Gasteiger partial charge on any atom is 0.219 e. The van der Waals surface area contributed by atoms with Gasteiger partial charge in [0, 0.05) is 29.0 Å². The molecule has 100 valence electrons. The highest BCUT2D eigenvalue weighted by molar-refractivity contribution is 9.10. The molecular formula is C14H16BrN3O. The number of ether oxygens (including phenoxy) is 1. The smallest absolute Gasteiger partial charge is 0.219 e. The lowest BCUT2D eigenvalue weighted by atomic mass is 10.1. The Morgan fingerprint density at radius 2 is 2.11 bits per heavy atom. The zero-order chi connectivity index (χ0) is 13.7. The Balaban J connectivity index is 2.26. The summed E-state index contributed by atoms with van der Waals surface area (Å²) >= 11 is 3.36. The van der Waals surface area contributed by atoms with E-state index in [4.69, 9.17) is 10.5 Å². The van der Waals surface area contributed by atoms with E-state index in [1.807, 2.05) is 18.2 Å². The highest BCUT2D eigenvalue weighted by Crippen LogP contribution is 2.23. The van der Waals surface area contributed by atoms with Crippen LogP contribution in [0.1, 0.15) is 24.6 Å². The van der Waals surface area contributed by atoms with E-state index in [-0.39, 0.29) is 0 Å². The molecule has 0 aliphatic carbocycles. The van der Waals surface area contributed by atoms with Crippen LogP contribution >= 0.6 is 15.9 Å². The molecular weight excluding hydrogens is 306 g/mol. The first-order valence-electron chi connectivity index (χ1n) is 6.19. The van der Waals surface area contributed by atoms with Crippen LogP contribution in [0.25, 0.3) is 0 Å². The Bertz CT molecular complexity index is 560. The van der Waals surface area contributed by atoms with Crippen LogP contribution in [0.3, 0.4) is 0 Å². The minimum Gasteiger partial charge on any atom is -0.437 e. The van der Waals surface area contributed by atoms with E-state index in [2.05, 4.69) is 32.8 Å². The van der Waals surface area contributed by atoms with Gasteiger partial charge in [-0.2, -0.15) is 0 Å². The third-order valence-corrected chi connectivity index (χ3v) is 2.99. The summed E-state index contributed by atoms with van der Waals surface area (Å²) in [5.74, 6) is 1.21. The molecule has 0 radical (unpaired) electrons. The molecule has 0 saturated heterocycles. The molecule has 0 bridgehead atoms. The fraction of sp³-hybridized carbons (Fsp3) is 0.286. The molecule has 0 unspecified atom stereocenters. The van der Waals surface area contributed by atoms with Crippen molar-refractivity contribution in [1.29, 1.82) is 0 Å². The van der Waals surface area contributed by atoms with Gasteiger partial charge in [-0.05, 0) is 40.0 Å². The van der Waals surface area contributed by atoms with Gasteiger partial charge in [-0.1, -0.05) is 13.3 Å². The molecule has 0 aromatic carbocycles. The third kappa shape index (κ3) is 4.01. The van der Waals surface area contributed by atoms with Crippen LogP contribution < -0.4 is 10.5 Å². The minimum absolute atomic E-state index is 0.479. The molecule has 4 nitrogen and oxygen atoms in total. The molecule has 0 saturated carbocycles. The van der Waals surface area contributed by atoms with Crippen molar-refractivity contribution in [2.24, 2.45) is 5.73 Å². The molecule has 0 atom stereocenters. The molecule has 5 heteroatoms. The molecule has 0 fully saturated rings. The zero-order valence-corrected chi connectivity index (χ0v) is 12.4. The minimum atomic E-state index is 0.479. The van der Waals surface area contributed by atoms with Crippen molar-refractivity contribution in [2.45, 2.75) is 26.3 Å². The highest BCUT2D eigenvalue weighted by atomic mass is 79.9. The van der Waals surface area contributed by atoms with Crippen LogP contribution in [0.15, 0.2) is 35.1 Å². The summed E-state index contributed by atoms with van der Waals surface area (Å²) in [6, 6.07) is 5.73. The van der Waals surface area contributed by atoms with Crippen LogP contribution in [-0.4, -0.2) is 9.97 Å². The third-order valence-electron chi connectivity index (χ3n) is 2.56. The van der Waals surface area contributed by atoms with Gasteiger partial charge >= 0.3 is 0 Å². The lowest BCUT2D eigenvalue weighted by Crippen LogP contribution is -2.01. The molecule has 2 aromatic rings. The van der Waals surface area contributed by atoms with Gasteiger partial charge in [0.25, 0.3) is 0 Å². The van der Waals surface area contributed by atoms with Gasteiger partial charge in [-0.25, -0.2) is 4.98 Å². The maximum absolute atomic E-state index is 5.73. The second-order valence-corrected chi connectivity index (χ2v) is 5.12. The number of nitrogens with two attached hydrogens (primary N) is 1. The van der Waals surface area contributed by atoms with Crippen LogP contribution in [-0.2, 0) is 13.0 Å². The van der Waals surface area contributed by atoms with E-state index in [9.17, 15) is 0 Å². The van der Waals surface area contributed by atoms with E-state index in [1.165, 1.54) is 0 Å². The Labute approximate surface area is 121 Å². The number of rotatable bonds is 5. The topological polar surface area (TPSA) is 61.0 Å². The summed E-state index contributed by atoms with van der Waals surface area (Å²) in [6.07, 6.45) is 5.32. The van der Waals surface area contributed by atoms with Crippen LogP contribution in [0.5, 0.6) is 11.6 Å². The maximum atomic E-state index is 5.73. The molecule has 2 aromatic heterocycles. The van der Waals surface area contributed by atoms with E-state index in [0.717, 1.165) is 28.6 Å². The van der Waals surface area contributed by atoms with Crippen LogP contribution in [0, 0.1) is 0 Å². The van der Waals surface area contributed by atoms with E-state index in [0.29, 0.717) is 18.2 Å². The van der Waals surface area contributed by atoms with Gasteiger partial charge in [0.2, 0.25) is 5.88 Å². The second-order valence-electron chi connectivity index (χ2n) is 4.20. The van der Waals surface area contributed by atoms with Crippen molar-refractivity contribution < 1.29 is 4.74 Å². The molecule has 2 heterocycles. The van der Waals surface area contributed by atoms with Crippen molar-refractivity contribution in [3.63, 3.8) is 0 Å². The Morgan fingerprint density at radius 1 is 1.26 bits per heavy atom. The van der Waals surface area contributed by atoms with Crippen molar-refractivity contribution >= 4 is 15.9 Å². The quantitative estimate of drug-likeness (QED) is 0.916. The Kier molecular flexibility index (Phi) is 4.87. The summed E-state index contributed by atoms with van der Waals surface area (Å²) in [6.45, 7) is 2.60. The molecule has 0 spiro atoms. The van der Waals surface area contributed by atoms with Gasteiger partial charge in [-0.15, -0.1) is 0 Å². The molecule has 0 amide bonds. The van der Waals surface area contributed by atoms with Crippen LogP contribution in [0.2, 0.25) is 0 Å². The lowest BCUT2D eigenvalue weighted by Gasteiger charge is -2.08. The van der Waals surface area contributed by atoms with E-state index < -0.39 is 0 Å². The van der Waals surface area contributed by atoms with Gasteiger partial charge in [0.15, 0.2) is 0 Å². The SMILES string of the molecule is CCCc1cc(CN)cc(Oc2cncc(Br)c2)n1. The number of pyridine rings is 2. The van der Waals surface area contributed by atoms with Crippen molar-refractivity contribution in [1.82, 2.24) is 9.97 Å². The predicted molar refractivity (Wildman–Crippen MR) is 78.1 cm³/mol. The van der Waals surface area contributed by atoms with Gasteiger partial charge in [0.05, 0.1) is 6.20 Å². The number of aromatic nitrogens is 2. The monoisotopic (exact) mass is 321 g/mol. The van der Waals surface area contributed by atoms with E-state index >= 15 is 0 Å². The summed E-state index contributed by atoms with van der Waals surface area (Å²) in [5, 5.41) is 0. The van der Waals surface area contributed by atoms with Crippen molar-refractivity contribution in [2.75, 3.05) is 0 Å². The lowest BCUT2D eigenvalue weighted by molar-refractivity contribution is 0.457. The normalized spacial score (nSPS) is 10.5. The predicted octanol–water partition coefficient (Wildman–Crippen LogP) is 3.44. The van der Waals surface area contributed by atoms with E-state index in [1.54, 1.807) is 12.4 Å². The summed E-state index contributed by atoms with van der Waals surface area (Å²) in [7, 11) is 0. The Hall–Kier alpha value is -1.46. The van der Waals surface area contributed by atoms with Gasteiger partial charge in [0.1, 0.15) is 5.75 Å². The summed E-state index contributed by atoms with van der Waals surface area (Å²) in [4.78, 5) is 8.53. The van der Waals surface area contributed by atoms with Gasteiger partial charge in [-0.3, -0.25) is 4.98 Å². The first-order valence-corrected chi connectivity index (χ1v) is 6.99. The molecule has 2 N–H and O–H groups in total. The standard InChI is InChI=1S/C14H16BrN3O/c1-2-3-12-4-10(7-16)5-14(18-12)19-13-6-11(15)8-17-9-13/h4-6,8-9H,2-3,7,16H2,1H3.